The van der Waals surface area contributed by atoms with Gasteiger partial charge in [0.2, 0.25) is 0 Å². The number of anilines is 1. The van der Waals surface area contributed by atoms with Crippen LogP contribution in [0.25, 0.3) is 0 Å². The SMILES string of the molecule is CN(CC1(N(C)C)CCC1)c1nccnc1C(N)=NO. The highest BCUT2D eigenvalue weighted by Gasteiger charge is 2.40. The minimum Gasteiger partial charge on any atom is -0.409 e. The maximum absolute atomic E-state index is 8.84. The van der Waals surface area contributed by atoms with Gasteiger partial charge in [-0.2, -0.15) is 0 Å². The summed E-state index contributed by atoms with van der Waals surface area (Å²) >= 11 is 0. The second-order valence-corrected chi connectivity index (χ2v) is 5.54. The van der Waals surface area contributed by atoms with Gasteiger partial charge in [0.1, 0.15) is 0 Å². The first-order valence-corrected chi connectivity index (χ1v) is 6.67. The van der Waals surface area contributed by atoms with Gasteiger partial charge in [-0.15, -0.1) is 0 Å². The molecule has 1 saturated carbocycles. The van der Waals surface area contributed by atoms with Crippen molar-refractivity contribution in [2.24, 2.45) is 10.9 Å². The second kappa shape index (κ2) is 5.62. The third kappa shape index (κ3) is 2.53. The summed E-state index contributed by atoms with van der Waals surface area (Å²) in [7, 11) is 6.17. The molecule has 3 N–H and O–H groups in total. The van der Waals surface area contributed by atoms with Gasteiger partial charge in [0.25, 0.3) is 0 Å². The second-order valence-electron chi connectivity index (χ2n) is 5.54. The summed E-state index contributed by atoms with van der Waals surface area (Å²) in [4.78, 5) is 12.8. The van der Waals surface area contributed by atoms with Crippen LogP contribution in [-0.2, 0) is 0 Å². The van der Waals surface area contributed by atoms with Crippen LogP contribution in [0.15, 0.2) is 17.5 Å². The van der Waals surface area contributed by atoms with Crippen LogP contribution in [0.1, 0.15) is 25.0 Å². The fourth-order valence-corrected chi connectivity index (χ4v) is 2.69. The molecule has 110 valence electrons. The zero-order valence-corrected chi connectivity index (χ0v) is 12.2. The molecular weight excluding hydrogens is 256 g/mol. The number of hydrogen-bond donors (Lipinski definition) is 2. The molecule has 0 aliphatic heterocycles. The van der Waals surface area contributed by atoms with Gasteiger partial charge in [0, 0.05) is 31.5 Å². The molecule has 0 amide bonds. The van der Waals surface area contributed by atoms with Crippen LogP contribution < -0.4 is 10.6 Å². The van der Waals surface area contributed by atoms with Crippen LogP contribution >= 0.6 is 0 Å². The van der Waals surface area contributed by atoms with E-state index < -0.39 is 0 Å². The Morgan fingerprint density at radius 1 is 1.35 bits per heavy atom. The van der Waals surface area contributed by atoms with Gasteiger partial charge in [0.05, 0.1) is 0 Å². The van der Waals surface area contributed by atoms with Crippen LogP contribution in [-0.4, -0.2) is 59.1 Å². The quantitative estimate of drug-likeness (QED) is 0.352. The van der Waals surface area contributed by atoms with Gasteiger partial charge < -0.3 is 20.7 Å². The molecule has 0 spiro atoms. The molecule has 7 heteroatoms. The van der Waals surface area contributed by atoms with E-state index in [1.165, 1.54) is 25.5 Å². The van der Waals surface area contributed by atoms with Crippen molar-refractivity contribution in [2.45, 2.75) is 24.8 Å². The predicted molar refractivity (Wildman–Crippen MR) is 78.1 cm³/mol. The molecule has 0 unspecified atom stereocenters. The zero-order valence-electron chi connectivity index (χ0n) is 12.2. The van der Waals surface area contributed by atoms with E-state index in [0.29, 0.717) is 11.5 Å². The van der Waals surface area contributed by atoms with Crippen molar-refractivity contribution in [3.8, 4) is 0 Å². The number of nitrogens with two attached hydrogens (primary N) is 1. The summed E-state index contributed by atoms with van der Waals surface area (Å²) in [6, 6.07) is 0. The molecule has 7 nitrogen and oxygen atoms in total. The predicted octanol–water partition coefficient (Wildman–Crippen LogP) is 0.492. The first kappa shape index (κ1) is 14.5. The molecule has 0 aromatic carbocycles. The zero-order chi connectivity index (χ0) is 14.8. The molecule has 0 bridgehead atoms. The Bertz CT molecular complexity index is 497. The molecule has 1 aliphatic carbocycles. The van der Waals surface area contributed by atoms with E-state index in [-0.39, 0.29) is 11.4 Å². The average Bonchev–Trinajstić information content (AvgIpc) is 2.41. The summed E-state index contributed by atoms with van der Waals surface area (Å²) in [6.07, 6.45) is 6.74. The largest absolute Gasteiger partial charge is 0.409 e. The van der Waals surface area contributed by atoms with Crippen LogP contribution in [0.2, 0.25) is 0 Å². The van der Waals surface area contributed by atoms with Crippen molar-refractivity contribution in [1.82, 2.24) is 14.9 Å². The standard InChI is InChI=1S/C13H22N6O/c1-18(2)13(5-4-6-13)9-19(3)12-10(11(14)17-20)15-7-8-16-12/h7-8,20H,4-6,9H2,1-3H3,(H2,14,17). The van der Waals surface area contributed by atoms with Crippen LogP contribution in [0.3, 0.4) is 0 Å². The van der Waals surface area contributed by atoms with Crippen molar-refractivity contribution in [2.75, 3.05) is 32.6 Å². The van der Waals surface area contributed by atoms with Crippen molar-refractivity contribution in [3.63, 3.8) is 0 Å². The highest BCUT2D eigenvalue weighted by molar-refractivity contribution is 5.99. The van der Waals surface area contributed by atoms with E-state index in [1.807, 2.05) is 11.9 Å². The molecule has 0 atom stereocenters. The molecular formula is C13H22N6O. The van der Waals surface area contributed by atoms with E-state index >= 15 is 0 Å². The first-order chi connectivity index (χ1) is 9.50. The van der Waals surface area contributed by atoms with Crippen molar-refractivity contribution in [3.05, 3.63) is 18.1 Å². The van der Waals surface area contributed by atoms with Crippen LogP contribution in [0, 0.1) is 0 Å². The Labute approximate surface area is 119 Å². The Kier molecular flexibility index (Phi) is 4.08. The molecule has 1 aromatic heterocycles. The Balaban J connectivity index is 2.23. The lowest BCUT2D eigenvalue weighted by molar-refractivity contribution is 0.0681. The summed E-state index contributed by atoms with van der Waals surface area (Å²) in [5.74, 6) is 0.614. The van der Waals surface area contributed by atoms with Crippen molar-refractivity contribution >= 4 is 11.7 Å². The number of oxime groups is 1. The molecule has 2 rings (SSSR count). The van der Waals surface area contributed by atoms with Gasteiger partial charge in [-0.25, -0.2) is 9.97 Å². The minimum atomic E-state index is -0.0209. The van der Waals surface area contributed by atoms with Gasteiger partial charge in [0.15, 0.2) is 17.3 Å². The van der Waals surface area contributed by atoms with Gasteiger partial charge in [-0.3, -0.25) is 0 Å². The summed E-state index contributed by atoms with van der Waals surface area (Å²) in [5, 5.41) is 11.9. The number of nitrogens with zero attached hydrogens (tertiary/aromatic N) is 5. The number of aromatic nitrogens is 2. The maximum Gasteiger partial charge on any atom is 0.192 e. The molecule has 1 aromatic rings. The van der Waals surface area contributed by atoms with E-state index in [4.69, 9.17) is 10.9 Å². The summed E-state index contributed by atoms with van der Waals surface area (Å²) in [5.41, 5.74) is 6.25. The third-order valence-electron chi connectivity index (χ3n) is 4.16. The smallest absolute Gasteiger partial charge is 0.192 e. The van der Waals surface area contributed by atoms with Crippen molar-refractivity contribution < 1.29 is 5.21 Å². The minimum absolute atomic E-state index is 0.0209. The molecule has 0 radical (unpaired) electrons. The van der Waals surface area contributed by atoms with E-state index in [9.17, 15) is 0 Å². The molecule has 1 aliphatic rings. The lowest BCUT2D eigenvalue weighted by atomic mass is 9.75. The third-order valence-corrected chi connectivity index (χ3v) is 4.16. The highest BCUT2D eigenvalue weighted by Crippen LogP contribution is 2.37. The summed E-state index contributed by atoms with van der Waals surface area (Å²) < 4.78 is 0. The number of amidine groups is 1. The lowest BCUT2D eigenvalue weighted by Crippen LogP contribution is -2.57. The lowest BCUT2D eigenvalue weighted by Gasteiger charge is -2.49. The average molecular weight is 278 g/mol. The number of likely N-dealkylation sites (N-methyl/N-ethyl adjacent to an activating group) is 2. The topological polar surface area (TPSA) is 90.9 Å². The fourth-order valence-electron chi connectivity index (χ4n) is 2.69. The van der Waals surface area contributed by atoms with Crippen LogP contribution in [0.4, 0.5) is 5.82 Å². The molecule has 1 fully saturated rings. The van der Waals surface area contributed by atoms with Crippen molar-refractivity contribution in [1.29, 1.82) is 0 Å². The maximum atomic E-state index is 8.84. The summed E-state index contributed by atoms with van der Waals surface area (Å²) in [6.45, 7) is 0.838. The Morgan fingerprint density at radius 3 is 2.50 bits per heavy atom. The van der Waals surface area contributed by atoms with Crippen LogP contribution in [0.5, 0.6) is 0 Å². The van der Waals surface area contributed by atoms with E-state index in [1.54, 1.807) is 6.20 Å². The van der Waals surface area contributed by atoms with E-state index in [0.717, 1.165) is 6.54 Å². The normalized spacial score (nSPS) is 17.9. The number of rotatable bonds is 5. The number of hydrogen-bond acceptors (Lipinski definition) is 6. The monoisotopic (exact) mass is 278 g/mol. The molecule has 1 heterocycles. The Hall–Kier alpha value is -1.89. The van der Waals surface area contributed by atoms with Gasteiger partial charge >= 0.3 is 0 Å². The molecule has 0 saturated heterocycles. The van der Waals surface area contributed by atoms with Gasteiger partial charge in [-0.1, -0.05) is 5.16 Å². The highest BCUT2D eigenvalue weighted by atomic mass is 16.4. The first-order valence-electron chi connectivity index (χ1n) is 6.67. The molecule has 20 heavy (non-hydrogen) atoms. The van der Waals surface area contributed by atoms with Gasteiger partial charge in [-0.05, 0) is 33.4 Å². The Morgan fingerprint density at radius 2 is 2.00 bits per heavy atom. The van der Waals surface area contributed by atoms with E-state index in [2.05, 4.69) is 34.1 Å². The fraction of sp³-hybridized carbons (Fsp3) is 0.615.